The summed E-state index contributed by atoms with van der Waals surface area (Å²) in [6, 6.07) is 79.0. The van der Waals surface area contributed by atoms with Crippen molar-refractivity contribution >= 4 is 110 Å². The number of fused-ring (bicyclic) bond motifs is 16. The van der Waals surface area contributed by atoms with Gasteiger partial charge in [0.2, 0.25) is 0 Å². The lowest BCUT2D eigenvalue weighted by Crippen LogP contribution is -2.14. The highest BCUT2D eigenvalue weighted by atomic mass is 15.2. The Hall–Kier alpha value is -8.40. The third-order valence-electron chi connectivity index (χ3n) is 14.3. The molecule has 0 amide bonds. The van der Waals surface area contributed by atoms with Gasteiger partial charge in [0.25, 0.3) is 0 Å². The molecule has 1 atom stereocenters. The van der Waals surface area contributed by atoms with Gasteiger partial charge in [0.05, 0.1) is 44.8 Å². The monoisotopic (exact) mass is 841 g/mol. The minimum absolute atomic E-state index is 0.485. The SMILES string of the molecule is CC1C=Cc2cc(N(c3ccccc3)c3cc(-n4c5ccccc5c5ccccc54)cc(-n4c5ccc6ccccc6c5c5c6ccccc6c6ccccc6c54)c3)c3ccccc3c2C1. The minimum atomic E-state index is 0.485. The molecule has 0 aliphatic heterocycles. The zero-order chi connectivity index (χ0) is 43.5. The molecule has 0 spiro atoms. The van der Waals surface area contributed by atoms with Gasteiger partial charge in [-0.2, -0.15) is 0 Å². The van der Waals surface area contributed by atoms with Gasteiger partial charge < -0.3 is 14.0 Å². The van der Waals surface area contributed by atoms with E-state index in [0.717, 1.165) is 34.9 Å². The largest absolute Gasteiger partial charge is 0.310 e. The van der Waals surface area contributed by atoms with Crippen LogP contribution < -0.4 is 4.90 Å². The molecule has 0 N–H and O–H groups in total. The molecule has 0 saturated carbocycles. The second kappa shape index (κ2) is 14.3. The molecule has 1 aliphatic carbocycles. The van der Waals surface area contributed by atoms with Crippen molar-refractivity contribution in [3.63, 3.8) is 0 Å². The van der Waals surface area contributed by atoms with E-state index >= 15 is 0 Å². The summed E-state index contributed by atoms with van der Waals surface area (Å²) in [4.78, 5) is 2.51. The van der Waals surface area contributed by atoms with Crippen LogP contribution in [0.25, 0.3) is 104 Å². The van der Waals surface area contributed by atoms with Gasteiger partial charge in [-0.25, -0.2) is 0 Å². The first-order valence-electron chi connectivity index (χ1n) is 23.2. The summed E-state index contributed by atoms with van der Waals surface area (Å²) < 4.78 is 5.05. The lowest BCUT2D eigenvalue weighted by atomic mass is 9.86. The number of anilines is 3. The summed E-state index contributed by atoms with van der Waals surface area (Å²) in [5.41, 5.74) is 13.0. The lowest BCUT2D eigenvalue weighted by molar-refractivity contribution is 0.721. The maximum absolute atomic E-state index is 2.57. The van der Waals surface area contributed by atoms with E-state index in [0.29, 0.717) is 5.92 Å². The fourth-order valence-corrected chi connectivity index (χ4v) is 11.5. The second-order valence-corrected chi connectivity index (χ2v) is 18.1. The molecule has 13 aromatic rings. The number of hydrogen-bond acceptors (Lipinski definition) is 1. The summed E-state index contributed by atoms with van der Waals surface area (Å²) in [7, 11) is 0. The Balaban J connectivity index is 1.18. The standard InChI is InChI=1S/C63H43N3/c1-40-31-32-42-36-60(51-24-10-7-23-50(51)56(42)35-40)64(43-18-3-2-4-19-43)44-37-45(65-57-29-15-13-25-52(57)53-26-14-16-30-58(53)65)39-46(38-44)66-59-34-33-41-17-5-6-20-47(41)61(59)62-54-27-11-8-21-48(54)49-22-9-12-28-55(49)63(62)66/h2-34,36-40H,35H2,1H3. The fourth-order valence-electron chi connectivity index (χ4n) is 11.5. The van der Waals surface area contributed by atoms with E-state index in [1.807, 2.05) is 0 Å². The van der Waals surface area contributed by atoms with E-state index < -0.39 is 0 Å². The summed E-state index contributed by atoms with van der Waals surface area (Å²) in [6.45, 7) is 2.32. The van der Waals surface area contributed by atoms with Crippen molar-refractivity contribution in [3.8, 4) is 11.4 Å². The molecule has 1 unspecified atom stereocenters. The molecule has 2 aromatic heterocycles. The van der Waals surface area contributed by atoms with Crippen LogP contribution in [0.2, 0.25) is 0 Å². The molecule has 0 fully saturated rings. The minimum Gasteiger partial charge on any atom is -0.310 e. The van der Waals surface area contributed by atoms with Gasteiger partial charge in [-0.1, -0.05) is 177 Å². The molecule has 0 bridgehead atoms. The van der Waals surface area contributed by atoms with Crippen LogP contribution in [0, 0.1) is 5.92 Å². The topological polar surface area (TPSA) is 13.1 Å². The van der Waals surface area contributed by atoms with Crippen molar-refractivity contribution < 1.29 is 0 Å². The van der Waals surface area contributed by atoms with E-state index in [2.05, 4.69) is 245 Å². The van der Waals surface area contributed by atoms with Crippen molar-refractivity contribution in [2.45, 2.75) is 13.3 Å². The van der Waals surface area contributed by atoms with E-state index in [1.165, 1.54) is 97.8 Å². The number of benzene rings is 11. The predicted octanol–water partition coefficient (Wildman–Crippen LogP) is 17.2. The first kappa shape index (κ1) is 37.0. The Morgan fingerprint density at radius 1 is 0.409 bits per heavy atom. The van der Waals surface area contributed by atoms with Crippen LogP contribution >= 0.6 is 0 Å². The van der Waals surface area contributed by atoms with Crippen LogP contribution in [-0.4, -0.2) is 9.13 Å². The van der Waals surface area contributed by atoms with Gasteiger partial charge in [-0.15, -0.1) is 0 Å². The Morgan fingerprint density at radius 3 is 1.70 bits per heavy atom. The first-order valence-corrected chi connectivity index (χ1v) is 23.2. The first-order chi connectivity index (χ1) is 32.7. The van der Waals surface area contributed by atoms with Gasteiger partial charge in [0, 0.05) is 38.0 Å². The van der Waals surface area contributed by atoms with Crippen LogP contribution in [0.4, 0.5) is 17.1 Å². The summed E-state index contributed by atoms with van der Waals surface area (Å²) in [5, 5.41) is 15.1. The van der Waals surface area contributed by atoms with Crippen LogP contribution in [0.1, 0.15) is 18.1 Å². The Labute approximate surface area is 382 Å². The normalized spacial score (nSPS) is 13.9. The molecule has 2 heterocycles. The molecular weight excluding hydrogens is 799 g/mol. The van der Waals surface area contributed by atoms with Crippen molar-refractivity contribution in [3.05, 3.63) is 230 Å². The van der Waals surface area contributed by atoms with Gasteiger partial charge in [-0.3, -0.25) is 0 Å². The van der Waals surface area contributed by atoms with Crippen LogP contribution in [0.3, 0.4) is 0 Å². The third-order valence-corrected chi connectivity index (χ3v) is 14.3. The average molecular weight is 842 g/mol. The number of aromatic nitrogens is 2. The second-order valence-electron chi connectivity index (χ2n) is 18.1. The molecule has 1 aliphatic rings. The zero-order valence-corrected chi connectivity index (χ0v) is 36.5. The molecule has 0 radical (unpaired) electrons. The maximum atomic E-state index is 2.57. The average Bonchev–Trinajstić information content (AvgIpc) is 3.91. The van der Waals surface area contributed by atoms with Crippen LogP contribution in [0.5, 0.6) is 0 Å². The number of rotatable bonds is 5. The molecule has 14 rings (SSSR count). The van der Waals surface area contributed by atoms with Crippen molar-refractivity contribution in [1.82, 2.24) is 9.13 Å². The van der Waals surface area contributed by atoms with Crippen molar-refractivity contribution in [1.29, 1.82) is 0 Å². The lowest BCUT2D eigenvalue weighted by Gasteiger charge is -2.30. The Bertz CT molecular complexity index is 4110. The zero-order valence-electron chi connectivity index (χ0n) is 36.5. The molecule has 0 saturated heterocycles. The maximum Gasteiger partial charge on any atom is 0.0626 e. The van der Waals surface area contributed by atoms with E-state index in [1.54, 1.807) is 0 Å². The van der Waals surface area contributed by atoms with Gasteiger partial charge in [0.15, 0.2) is 0 Å². The molecule has 3 nitrogen and oxygen atoms in total. The third kappa shape index (κ3) is 5.38. The molecule has 66 heavy (non-hydrogen) atoms. The van der Waals surface area contributed by atoms with Crippen LogP contribution in [-0.2, 0) is 6.42 Å². The van der Waals surface area contributed by atoms with E-state index in [9.17, 15) is 0 Å². The molecule has 3 heteroatoms. The predicted molar refractivity (Wildman–Crippen MR) is 282 cm³/mol. The highest BCUT2D eigenvalue weighted by molar-refractivity contribution is 6.36. The highest BCUT2D eigenvalue weighted by Crippen LogP contribution is 2.48. The number of para-hydroxylation sites is 3. The Kier molecular flexibility index (Phi) is 8.02. The highest BCUT2D eigenvalue weighted by Gasteiger charge is 2.26. The van der Waals surface area contributed by atoms with E-state index in [4.69, 9.17) is 0 Å². The molecule has 11 aromatic carbocycles. The summed E-state index contributed by atoms with van der Waals surface area (Å²) in [6.07, 6.45) is 5.74. The smallest absolute Gasteiger partial charge is 0.0626 e. The summed E-state index contributed by atoms with van der Waals surface area (Å²) in [5.74, 6) is 0.485. The molecule has 310 valence electrons. The number of allylic oxidation sites excluding steroid dienone is 1. The van der Waals surface area contributed by atoms with Gasteiger partial charge >= 0.3 is 0 Å². The van der Waals surface area contributed by atoms with Gasteiger partial charge in [0.1, 0.15) is 0 Å². The van der Waals surface area contributed by atoms with Gasteiger partial charge in [-0.05, 0) is 110 Å². The fraction of sp³-hybridized carbons (Fsp3) is 0.0476. The van der Waals surface area contributed by atoms with Crippen LogP contribution in [0.15, 0.2) is 218 Å². The molecular formula is C63H43N3. The number of nitrogens with zero attached hydrogens (tertiary/aromatic N) is 3. The Morgan fingerprint density at radius 2 is 0.970 bits per heavy atom. The quantitative estimate of drug-likeness (QED) is 0.157. The van der Waals surface area contributed by atoms with E-state index in [-0.39, 0.29) is 0 Å². The van der Waals surface area contributed by atoms with Crippen molar-refractivity contribution in [2.75, 3.05) is 4.90 Å². The summed E-state index contributed by atoms with van der Waals surface area (Å²) >= 11 is 0. The van der Waals surface area contributed by atoms with Crippen molar-refractivity contribution in [2.24, 2.45) is 5.92 Å². The number of hydrogen-bond donors (Lipinski definition) is 0.